The van der Waals surface area contributed by atoms with Crippen molar-refractivity contribution >= 4 is 17.6 Å². The van der Waals surface area contributed by atoms with Gasteiger partial charge in [-0.2, -0.15) is 13.2 Å². The first kappa shape index (κ1) is 22.7. The maximum absolute atomic E-state index is 12.7. The van der Waals surface area contributed by atoms with Crippen molar-refractivity contribution in [3.63, 3.8) is 0 Å². The molecule has 160 valence electrons. The van der Waals surface area contributed by atoms with Gasteiger partial charge in [-0.05, 0) is 30.3 Å². The molecule has 0 aromatic heterocycles. The minimum atomic E-state index is -4.55. The Bertz CT molecular complexity index is 944. The first-order valence-corrected chi connectivity index (χ1v) is 8.44. The van der Waals surface area contributed by atoms with Crippen molar-refractivity contribution in [2.24, 2.45) is 0 Å². The molecule has 2 aromatic carbocycles. The van der Waals surface area contributed by atoms with E-state index >= 15 is 0 Å². The molecule has 0 spiro atoms. The second kappa shape index (κ2) is 9.25. The normalized spacial score (nSPS) is 12.0. The SMILES string of the molecule is COC(=O)[C@H](Cc1cc([N+](=O)[O-])ccc1OC)NC(=O)c1ccc(C(F)(F)F)cc1. The molecule has 0 aliphatic rings. The molecule has 1 atom stereocenters. The van der Waals surface area contributed by atoms with Crippen LogP contribution < -0.4 is 10.1 Å². The number of esters is 1. The van der Waals surface area contributed by atoms with E-state index in [4.69, 9.17) is 4.74 Å². The Morgan fingerprint density at radius 2 is 1.77 bits per heavy atom. The number of hydrogen-bond donors (Lipinski definition) is 1. The number of methoxy groups -OCH3 is 2. The lowest BCUT2D eigenvalue weighted by Crippen LogP contribution is -2.43. The van der Waals surface area contributed by atoms with Gasteiger partial charge in [-0.15, -0.1) is 0 Å². The zero-order valence-electron chi connectivity index (χ0n) is 15.9. The molecule has 0 unspecified atom stereocenters. The van der Waals surface area contributed by atoms with Gasteiger partial charge in [0.15, 0.2) is 0 Å². The van der Waals surface area contributed by atoms with E-state index in [9.17, 15) is 32.9 Å². The van der Waals surface area contributed by atoms with Gasteiger partial charge >= 0.3 is 12.1 Å². The summed E-state index contributed by atoms with van der Waals surface area (Å²) >= 11 is 0. The van der Waals surface area contributed by atoms with Crippen molar-refractivity contribution in [1.29, 1.82) is 0 Å². The average Bonchev–Trinajstić information content (AvgIpc) is 2.71. The Balaban J connectivity index is 2.27. The lowest BCUT2D eigenvalue weighted by Gasteiger charge is -2.18. The van der Waals surface area contributed by atoms with Crippen LogP contribution in [0.25, 0.3) is 0 Å². The molecule has 0 saturated heterocycles. The number of ether oxygens (including phenoxy) is 2. The third kappa shape index (κ3) is 5.46. The third-order valence-electron chi connectivity index (χ3n) is 4.16. The fourth-order valence-electron chi connectivity index (χ4n) is 2.65. The van der Waals surface area contributed by atoms with E-state index in [2.05, 4.69) is 10.1 Å². The van der Waals surface area contributed by atoms with Gasteiger partial charge < -0.3 is 14.8 Å². The molecule has 0 bridgehead atoms. The molecule has 0 saturated carbocycles. The summed E-state index contributed by atoms with van der Waals surface area (Å²) in [5.41, 5.74) is -1.02. The molecule has 1 amide bonds. The van der Waals surface area contributed by atoms with E-state index in [0.717, 1.165) is 31.4 Å². The number of nitro groups is 1. The fraction of sp³-hybridized carbons (Fsp3) is 0.263. The molecule has 0 fully saturated rings. The summed E-state index contributed by atoms with van der Waals surface area (Å²) in [6.45, 7) is 0. The molecular weight excluding hydrogens is 409 g/mol. The van der Waals surface area contributed by atoms with Crippen molar-refractivity contribution in [2.45, 2.75) is 18.6 Å². The number of rotatable bonds is 7. The number of benzene rings is 2. The summed E-state index contributed by atoms with van der Waals surface area (Å²) in [5, 5.41) is 13.4. The van der Waals surface area contributed by atoms with Gasteiger partial charge in [0, 0.05) is 29.7 Å². The maximum Gasteiger partial charge on any atom is 0.416 e. The van der Waals surface area contributed by atoms with Gasteiger partial charge in [-0.1, -0.05) is 0 Å². The lowest BCUT2D eigenvalue weighted by molar-refractivity contribution is -0.384. The van der Waals surface area contributed by atoms with Crippen molar-refractivity contribution in [3.8, 4) is 5.75 Å². The molecule has 1 N–H and O–H groups in total. The van der Waals surface area contributed by atoms with E-state index in [1.807, 2.05) is 0 Å². The van der Waals surface area contributed by atoms with Gasteiger partial charge in [0.05, 0.1) is 24.7 Å². The van der Waals surface area contributed by atoms with Gasteiger partial charge in [-0.25, -0.2) is 4.79 Å². The van der Waals surface area contributed by atoms with Crippen molar-refractivity contribution in [1.82, 2.24) is 5.32 Å². The van der Waals surface area contributed by atoms with Crippen molar-refractivity contribution in [2.75, 3.05) is 14.2 Å². The molecule has 2 rings (SSSR count). The standard InChI is InChI=1S/C19H17F3N2O6/c1-29-16-8-7-14(24(27)28)9-12(16)10-15(18(26)30-2)23-17(25)11-3-5-13(6-4-11)19(20,21)22/h3-9,15H,10H2,1-2H3,(H,23,25)/t15-/m0/s1. The molecule has 11 heteroatoms. The number of carbonyl (C=O) groups excluding carboxylic acids is 2. The fourth-order valence-corrected chi connectivity index (χ4v) is 2.65. The van der Waals surface area contributed by atoms with Crippen LogP contribution in [0.2, 0.25) is 0 Å². The number of nitrogens with one attached hydrogen (secondary N) is 1. The Labute approximate surface area is 168 Å². The topological polar surface area (TPSA) is 108 Å². The number of nitro benzene ring substituents is 1. The summed E-state index contributed by atoms with van der Waals surface area (Å²) in [5.74, 6) is -1.41. The minimum Gasteiger partial charge on any atom is -0.496 e. The molecule has 8 nitrogen and oxygen atoms in total. The Kier molecular flexibility index (Phi) is 6.98. The average molecular weight is 426 g/mol. The Morgan fingerprint density at radius 1 is 1.13 bits per heavy atom. The number of non-ortho nitro benzene ring substituents is 1. The van der Waals surface area contributed by atoms with Crippen LogP contribution in [-0.2, 0) is 22.1 Å². The van der Waals surface area contributed by atoms with Crippen molar-refractivity contribution < 1.29 is 37.2 Å². The molecule has 0 heterocycles. The number of halogens is 3. The number of alkyl halides is 3. The molecule has 30 heavy (non-hydrogen) atoms. The zero-order valence-corrected chi connectivity index (χ0v) is 15.9. The Hall–Kier alpha value is -3.63. The number of hydrogen-bond acceptors (Lipinski definition) is 6. The van der Waals surface area contributed by atoms with Gasteiger partial charge in [0.25, 0.3) is 11.6 Å². The predicted octanol–water partition coefficient (Wildman–Crippen LogP) is 3.14. The van der Waals surface area contributed by atoms with E-state index in [1.165, 1.54) is 25.3 Å². The molecule has 0 radical (unpaired) electrons. The largest absolute Gasteiger partial charge is 0.496 e. The second-order valence-corrected chi connectivity index (χ2v) is 6.08. The van der Waals surface area contributed by atoms with Crippen molar-refractivity contribution in [3.05, 3.63) is 69.3 Å². The van der Waals surface area contributed by atoms with Crippen LogP contribution in [0.15, 0.2) is 42.5 Å². The van der Waals surface area contributed by atoms with Crippen LogP contribution in [0, 0.1) is 10.1 Å². The summed E-state index contributed by atoms with van der Waals surface area (Å²) in [7, 11) is 2.42. The van der Waals surface area contributed by atoms with E-state index in [-0.39, 0.29) is 29.0 Å². The highest BCUT2D eigenvalue weighted by Crippen LogP contribution is 2.29. The van der Waals surface area contributed by atoms with Crippen LogP contribution in [0.1, 0.15) is 21.5 Å². The second-order valence-electron chi connectivity index (χ2n) is 6.08. The van der Waals surface area contributed by atoms with Crippen LogP contribution in [0.5, 0.6) is 5.75 Å². The highest BCUT2D eigenvalue weighted by Gasteiger charge is 2.30. The summed E-state index contributed by atoms with van der Waals surface area (Å²) in [4.78, 5) is 34.9. The van der Waals surface area contributed by atoms with Crippen LogP contribution in [0.4, 0.5) is 18.9 Å². The molecule has 2 aromatic rings. The van der Waals surface area contributed by atoms with Crippen LogP contribution >= 0.6 is 0 Å². The number of amides is 1. The number of nitrogens with zero attached hydrogens (tertiary/aromatic N) is 1. The number of carbonyl (C=O) groups is 2. The highest BCUT2D eigenvalue weighted by atomic mass is 19.4. The Morgan fingerprint density at radius 3 is 2.27 bits per heavy atom. The van der Waals surface area contributed by atoms with Gasteiger partial charge in [-0.3, -0.25) is 14.9 Å². The van der Waals surface area contributed by atoms with Crippen LogP contribution in [0.3, 0.4) is 0 Å². The summed E-state index contributed by atoms with van der Waals surface area (Å²) < 4.78 is 47.8. The van der Waals surface area contributed by atoms with Crippen LogP contribution in [-0.4, -0.2) is 37.1 Å². The third-order valence-corrected chi connectivity index (χ3v) is 4.16. The monoisotopic (exact) mass is 426 g/mol. The van der Waals surface area contributed by atoms with Gasteiger partial charge in [0.2, 0.25) is 0 Å². The quantitative estimate of drug-likeness (QED) is 0.414. The smallest absolute Gasteiger partial charge is 0.416 e. The van der Waals surface area contributed by atoms with E-state index < -0.39 is 34.6 Å². The molecular formula is C19H17F3N2O6. The first-order chi connectivity index (χ1) is 14.1. The zero-order chi connectivity index (χ0) is 22.5. The van der Waals surface area contributed by atoms with Gasteiger partial charge in [0.1, 0.15) is 11.8 Å². The summed E-state index contributed by atoms with van der Waals surface area (Å²) in [6, 6.07) is 5.92. The maximum atomic E-state index is 12.7. The first-order valence-electron chi connectivity index (χ1n) is 8.44. The predicted molar refractivity (Wildman–Crippen MR) is 98.1 cm³/mol. The molecule has 0 aliphatic carbocycles. The van der Waals surface area contributed by atoms with E-state index in [1.54, 1.807) is 0 Å². The highest BCUT2D eigenvalue weighted by molar-refractivity contribution is 5.96. The molecule has 0 aliphatic heterocycles. The minimum absolute atomic E-state index is 0.108. The van der Waals surface area contributed by atoms with E-state index in [0.29, 0.717) is 0 Å². The lowest BCUT2D eigenvalue weighted by atomic mass is 10.0. The summed E-state index contributed by atoms with van der Waals surface area (Å²) in [6.07, 6.45) is -4.76.